The molecule has 1 saturated heterocycles. The molecule has 0 bridgehead atoms. The third-order valence-electron chi connectivity index (χ3n) is 4.57. The average molecular weight is 328 g/mol. The van der Waals surface area contributed by atoms with Gasteiger partial charge in [0.2, 0.25) is 0 Å². The molecule has 2 aromatic carbocycles. The second-order valence-corrected chi connectivity index (χ2v) is 6.48. The first-order chi connectivity index (χ1) is 11.7. The van der Waals surface area contributed by atoms with Crippen molar-refractivity contribution >= 4 is 0 Å². The molecule has 2 atom stereocenters. The highest BCUT2D eigenvalue weighted by Crippen LogP contribution is 2.29. The molecule has 3 rings (SSSR count). The van der Waals surface area contributed by atoms with Crippen LogP contribution >= 0.6 is 0 Å². The summed E-state index contributed by atoms with van der Waals surface area (Å²) < 4.78 is 19.4. The first-order valence-electron chi connectivity index (χ1n) is 8.59. The summed E-state index contributed by atoms with van der Waals surface area (Å²) in [5.41, 5.74) is 8.27. The smallest absolute Gasteiger partial charge is 0.127 e. The highest BCUT2D eigenvalue weighted by atomic mass is 19.1. The van der Waals surface area contributed by atoms with Crippen molar-refractivity contribution in [2.45, 2.75) is 31.8 Å². The van der Waals surface area contributed by atoms with Gasteiger partial charge in [-0.3, -0.25) is 4.90 Å². The molecule has 0 spiro atoms. The highest BCUT2D eigenvalue weighted by molar-refractivity contribution is 5.30. The first-order valence-corrected chi connectivity index (χ1v) is 8.59. The lowest BCUT2D eigenvalue weighted by molar-refractivity contribution is 0.179. The van der Waals surface area contributed by atoms with E-state index in [9.17, 15) is 4.39 Å². The molecule has 2 aromatic rings. The number of benzene rings is 2. The fourth-order valence-corrected chi connectivity index (χ4v) is 3.47. The number of nitrogens with zero attached hydrogens (tertiary/aromatic N) is 1. The molecule has 1 heterocycles. The summed E-state index contributed by atoms with van der Waals surface area (Å²) in [5.74, 6) is 1.12. The minimum atomic E-state index is -0.144. The molecule has 1 fully saturated rings. The van der Waals surface area contributed by atoms with E-state index in [0.29, 0.717) is 19.1 Å². The standard InChI is InChI=1S/C20H25FN2O/c1-2-24-19-9-7-15(8-10-19)17-11-18(22)14-23(13-17)12-16-5-3-4-6-20(16)21/h3-10,17-18H,2,11-14,22H2,1H3. The van der Waals surface area contributed by atoms with Crippen molar-refractivity contribution in [3.63, 3.8) is 0 Å². The van der Waals surface area contributed by atoms with Crippen molar-refractivity contribution < 1.29 is 9.13 Å². The Balaban J connectivity index is 1.70. The molecule has 1 aliphatic rings. The number of halogens is 1. The van der Waals surface area contributed by atoms with E-state index in [0.717, 1.165) is 30.8 Å². The normalized spacial score (nSPS) is 21.6. The third-order valence-corrected chi connectivity index (χ3v) is 4.57. The predicted molar refractivity (Wildman–Crippen MR) is 94.6 cm³/mol. The largest absolute Gasteiger partial charge is 0.494 e. The molecule has 0 radical (unpaired) electrons. The number of hydrogen-bond acceptors (Lipinski definition) is 3. The van der Waals surface area contributed by atoms with Crippen LogP contribution in [0.1, 0.15) is 30.4 Å². The lowest BCUT2D eigenvalue weighted by Crippen LogP contribution is -2.45. The predicted octanol–water partition coefficient (Wildman–Crippen LogP) is 3.54. The summed E-state index contributed by atoms with van der Waals surface area (Å²) in [6.07, 6.45) is 0.960. The SMILES string of the molecule is CCOc1ccc(C2CC(N)CN(Cc3ccccc3F)C2)cc1. The van der Waals surface area contributed by atoms with Gasteiger partial charge in [0, 0.05) is 31.2 Å². The molecule has 1 aliphatic heterocycles. The second-order valence-electron chi connectivity index (χ2n) is 6.48. The lowest BCUT2D eigenvalue weighted by atomic mass is 9.88. The van der Waals surface area contributed by atoms with E-state index in [1.165, 1.54) is 11.6 Å². The number of likely N-dealkylation sites (tertiary alicyclic amines) is 1. The van der Waals surface area contributed by atoms with Crippen LogP contribution in [0.2, 0.25) is 0 Å². The Morgan fingerprint density at radius 2 is 1.88 bits per heavy atom. The molecule has 3 nitrogen and oxygen atoms in total. The van der Waals surface area contributed by atoms with Crippen molar-refractivity contribution in [3.05, 3.63) is 65.5 Å². The number of ether oxygens (including phenoxy) is 1. The third kappa shape index (κ3) is 4.13. The van der Waals surface area contributed by atoms with E-state index in [2.05, 4.69) is 17.0 Å². The number of hydrogen-bond donors (Lipinski definition) is 1. The Labute approximate surface area is 143 Å². The van der Waals surface area contributed by atoms with E-state index in [4.69, 9.17) is 10.5 Å². The van der Waals surface area contributed by atoms with Gasteiger partial charge in [-0.1, -0.05) is 30.3 Å². The molecule has 0 amide bonds. The van der Waals surface area contributed by atoms with Gasteiger partial charge in [0.1, 0.15) is 11.6 Å². The van der Waals surface area contributed by atoms with Gasteiger partial charge in [-0.25, -0.2) is 4.39 Å². The molecule has 0 aliphatic carbocycles. The maximum absolute atomic E-state index is 13.9. The van der Waals surface area contributed by atoms with Crippen LogP contribution in [-0.4, -0.2) is 30.6 Å². The van der Waals surface area contributed by atoms with Crippen LogP contribution in [0.15, 0.2) is 48.5 Å². The summed E-state index contributed by atoms with van der Waals surface area (Å²) in [6, 6.07) is 15.4. The maximum atomic E-state index is 13.9. The van der Waals surface area contributed by atoms with Crippen molar-refractivity contribution in [1.29, 1.82) is 0 Å². The topological polar surface area (TPSA) is 38.5 Å². The Kier molecular flexibility index (Phi) is 5.48. The van der Waals surface area contributed by atoms with Crippen LogP contribution in [0, 0.1) is 5.82 Å². The fourth-order valence-electron chi connectivity index (χ4n) is 3.47. The van der Waals surface area contributed by atoms with Crippen LogP contribution in [0.5, 0.6) is 5.75 Å². The quantitative estimate of drug-likeness (QED) is 0.912. The number of piperidine rings is 1. The van der Waals surface area contributed by atoms with Gasteiger partial charge in [0.25, 0.3) is 0 Å². The van der Waals surface area contributed by atoms with E-state index >= 15 is 0 Å². The zero-order valence-electron chi connectivity index (χ0n) is 14.1. The lowest BCUT2D eigenvalue weighted by Gasteiger charge is -2.36. The van der Waals surface area contributed by atoms with Gasteiger partial charge < -0.3 is 10.5 Å². The van der Waals surface area contributed by atoms with Gasteiger partial charge in [-0.2, -0.15) is 0 Å². The molecule has 128 valence electrons. The Morgan fingerprint density at radius 3 is 2.58 bits per heavy atom. The molecule has 4 heteroatoms. The zero-order valence-corrected chi connectivity index (χ0v) is 14.1. The monoisotopic (exact) mass is 328 g/mol. The van der Waals surface area contributed by atoms with Crippen LogP contribution in [0.4, 0.5) is 4.39 Å². The summed E-state index contributed by atoms with van der Waals surface area (Å²) in [7, 11) is 0. The van der Waals surface area contributed by atoms with Crippen LogP contribution < -0.4 is 10.5 Å². The molecule has 0 aromatic heterocycles. The van der Waals surface area contributed by atoms with Gasteiger partial charge in [0.15, 0.2) is 0 Å². The number of rotatable bonds is 5. The zero-order chi connectivity index (χ0) is 16.9. The minimum Gasteiger partial charge on any atom is -0.494 e. The van der Waals surface area contributed by atoms with Crippen molar-refractivity contribution in [2.24, 2.45) is 5.73 Å². The van der Waals surface area contributed by atoms with Crippen molar-refractivity contribution in [2.75, 3.05) is 19.7 Å². The molecule has 24 heavy (non-hydrogen) atoms. The fraction of sp³-hybridized carbons (Fsp3) is 0.400. The van der Waals surface area contributed by atoms with Gasteiger partial charge in [-0.05, 0) is 43.0 Å². The van der Waals surface area contributed by atoms with Crippen molar-refractivity contribution in [3.8, 4) is 5.75 Å². The summed E-state index contributed by atoms with van der Waals surface area (Å²) in [6.45, 7) is 4.96. The summed E-state index contributed by atoms with van der Waals surface area (Å²) in [4.78, 5) is 2.26. The highest BCUT2D eigenvalue weighted by Gasteiger charge is 2.26. The summed E-state index contributed by atoms with van der Waals surface area (Å²) >= 11 is 0. The van der Waals surface area contributed by atoms with E-state index in [1.54, 1.807) is 6.07 Å². The second kappa shape index (κ2) is 7.77. The maximum Gasteiger partial charge on any atom is 0.127 e. The van der Waals surface area contributed by atoms with E-state index in [1.807, 2.05) is 31.2 Å². The van der Waals surface area contributed by atoms with Crippen LogP contribution in [0.25, 0.3) is 0 Å². The minimum absolute atomic E-state index is 0.113. The molecule has 0 saturated carbocycles. The van der Waals surface area contributed by atoms with Gasteiger partial charge in [-0.15, -0.1) is 0 Å². The molecular weight excluding hydrogens is 303 g/mol. The van der Waals surface area contributed by atoms with Gasteiger partial charge in [0.05, 0.1) is 6.61 Å². The first kappa shape index (κ1) is 16.9. The van der Waals surface area contributed by atoms with Crippen molar-refractivity contribution in [1.82, 2.24) is 4.90 Å². The Morgan fingerprint density at radius 1 is 1.12 bits per heavy atom. The van der Waals surface area contributed by atoms with E-state index in [-0.39, 0.29) is 11.9 Å². The average Bonchev–Trinajstić information content (AvgIpc) is 2.57. The number of nitrogens with two attached hydrogens (primary N) is 1. The van der Waals surface area contributed by atoms with E-state index < -0.39 is 0 Å². The van der Waals surface area contributed by atoms with Crippen LogP contribution in [-0.2, 0) is 6.54 Å². The molecule has 2 N–H and O–H groups in total. The molecule has 2 unspecified atom stereocenters. The Hall–Kier alpha value is -1.91. The Bertz CT molecular complexity index is 659. The molecular formula is C20H25FN2O. The summed E-state index contributed by atoms with van der Waals surface area (Å²) in [5, 5.41) is 0. The van der Waals surface area contributed by atoms with Gasteiger partial charge >= 0.3 is 0 Å². The van der Waals surface area contributed by atoms with Crippen LogP contribution in [0.3, 0.4) is 0 Å².